The van der Waals surface area contributed by atoms with Gasteiger partial charge in [0, 0.05) is 0 Å². The van der Waals surface area contributed by atoms with E-state index in [9.17, 15) is 9.59 Å². The second kappa shape index (κ2) is 6.36. The van der Waals surface area contributed by atoms with E-state index in [1.165, 1.54) is 24.3 Å². The van der Waals surface area contributed by atoms with Crippen molar-refractivity contribution in [2.75, 3.05) is 6.61 Å². The number of rotatable bonds is 5. The fraction of sp³-hybridized carbons (Fsp3) is 0.467. The molecule has 104 valence electrons. The maximum Gasteiger partial charge on any atom is 0.338 e. The van der Waals surface area contributed by atoms with Crippen molar-refractivity contribution in [1.82, 2.24) is 0 Å². The molecule has 4 heteroatoms. The van der Waals surface area contributed by atoms with Gasteiger partial charge >= 0.3 is 11.9 Å². The molecule has 0 radical (unpaired) electrons. The largest absolute Gasteiger partial charge is 0.478 e. The maximum atomic E-state index is 11.7. The predicted octanol–water partition coefficient (Wildman–Crippen LogP) is 3.37. The highest BCUT2D eigenvalue weighted by Crippen LogP contribution is 2.20. The fourth-order valence-corrected chi connectivity index (χ4v) is 1.60. The monoisotopic (exact) mass is 264 g/mol. The minimum absolute atomic E-state index is 0.157. The molecule has 1 aromatic rings. The first-order valence-corrected chi connectivity index (χ1v) is 6.30. The molecule has 0 saturated heterocycles. The van der Waals surface area contributed by atoms with Crippen LogP contribution in [-0.2, 0) is 4.74 Å². The van der Waals surface area contributed by atoms with E-state index >= 15 is 0 Å². The van der Waals surface area contributed by atoms with Gasteiger partial charge in [-0.2, -0.15) is 0 Å². The zero-order chi connectivity index (χ0) is 14.5. The number of ether oxygens (including phenoxy) is 1. The van der Waals surface area contributed by atoms with Gasteiger partial charge in [0.05, 0.1) is 17.7 Å². The topological polar surface area (TPSA) is 63.6 Å². The Morgan fingerprint density at radius 1 is 1.11 bits per heavy atom. The van der Waals surface area contributed by atoms with Crippen LogP contribution in [0.25, 0.3) is 0 Å². The van der Waals surface area contributed by atoms with Crippen molar-refractivity contribution in [3.63, 3.8) is 0 Å². The quantitative estimate of drug-likeness (QED) is 0.654. The van der Waals surface area contributed by atoms with Gasteiger partial charge in [0.25, 0.3) is 0 Å². The lowest BCUT2D eigenvalue weighted by Crippen LogP contribution is -2.10. The first-order valence-electron chi connectivity index (χ1n) is 6.30. The highest BCUT2D eigenvalue weighted by atomic mass is 16.5. The summed E-state index contributed by atoms with van der Waals surface area (Å²) in [4.78, 5) is 22.4. The molecular formula is C15H20O4. The minimum Gasteiger partial charge on any atom is -0.478 e. The Morgan fingerprint density at radius 2 is 1.63 bits per heavy atom. The van der Waals surface area contributed by atoms with Gasteiger partial charge in [0.1, 0.15) is 0 Å². The van der Waals surface area contributed by atoms with E-state index in [1.807, 2.05) is 0 Å². The number of carboxylic acids is 1. The van der Waals surface area contributed by atoms with Crippen molar-refractivity contribution in [2.45, 2.75) is 33.6 Å². The molecule has 0 bridgehead atoms. The molecule has 0 aliphatic rings. The minimum atomic E-state index is -1.01. The first-order chi connectivity index (χ1) is 8.79. The zero-order valence-corrected chi connectivity index (χ0v) is 11.6. The number of carbonyl (C=O) groups is 2. The number of carboxylic acid groups (broad SMARTS) is 1. The third-order valence-corrected chi connectivity index (χ3v) is 2.67. The van der Waals surface area contributed by atoms with Gasteiger partial charge in [-0.15, -0.1) is 0 Å². The van der Waals surface area contributed by atoms with Crippen LogP contribution in [0.1, 0.15) is 54.3 Å². The number of esters is 1. The van der Waals surface area contributed by atoms with Crippen LogP contribution in [-0.4, -0.2) is 23.7 Å². The van der Waals surface area contributed by atoms with Crippen LogP contribution in [0.3, 0.4) is 0 Å². The number of aromatic carboxylic acids is 1. The number of benzene rings is 1. The molecule has 0 amide bonds. The lowest BCUT2D eigenvalue weighted by atomic mass is 9.91. The molecule has 4 nitrogen and oxygen atoms in total. The molecule has 0 spiro atoms. The molecule has 0 aromatic heterocycles. The van der Waals surface area contributed by atoms with E-state index in [2.05, 4.69) is 20.8 Å². The van der Waals surface area contributed by atoms with Gasteiger partial charge in [-0.1, -0.05) is 20.8 Å². The number of carbonyl (C=O) groups excluding carboxylic acids is 1. The molecule has 0 aliphatic carbocycles. The Labute approximate surface area is 113 Å². The Morgan fingerprint density at radius 3 is 2.11 bits per heavy atom. The summed E-state index contributed by atoms with van der Waals surface area (Å²) in [5, 5.41) is 8.75. The van der Waals surface area contributed by atoms with Gasteiger partial charge in [0.2, 0.25) is 0 Å². The van der Waals surface area contributed by atoms with E-state index < -0.39 is 11.9 Å². The molecule has 0 fully saturated rings. The molecule has 19 heavy (non-hydrogen) atoms. The molecule has 1 rings (SSSR count). The summed E-state index contributed by atoms with van der Waals surface area (Å²) >= 11 is 0. The Bertz CT molecular complexity index is 440. The molecule has 1 N–H and O–H groups in total. The molecule has 0 atom stereocenters. The van der Waals surface area contributed by atoms with Crippen LogP contribution < -0.4 is 0 Å². The Kier molecular flexibility index (Phi) is 5.10. The summed E-state index contributed by atoms with van der Waals surface area (Å²) in [5.41, 5.74) is 0.764. The molecule has 1 aromatic carbocycles. The van der Waals surface area contributed by atoms with Crippen molar-refractivity contribution in [2.24, 2.45) is 5.41 Å². The van der Waals surface area contributed by atoms with E-state index in [-0.39, 0.29) is 11.0 Å². The van der Waals surface area contributed by atoms with Crippen molar-refractivity contribution in [1.29, 1.82) is 0 Å². The maximum absolute atomic E-state index is 11.7. The zero-order valence-electron chi connectivity index (χ0n) is 11.6. The van der Waals surface area contributed by atoms with Gasteiger partial charge in [-0.05, 0) is 42.5 Å². The van der Waals surface area contributed by atoms with E-state index in [0.29, 0.717) is 12.2 Å². The summed E-state index contributed by atoms with van der Waals surface area (Å²) in [6.07, 6.45) is 1.81. The van der Waals surface area contributed by atoms with Gasteiger partial charge in [0.15, 0.2) is 0 Å². The van der Waals surface area contributed by atoms with Crippen LogP contribution >= 0.6 is 0 Å². The lowest BCUT2D eigenvalue weighted by Gasteiger charge is -2.17. The van der Waals surface area contributed by atoms with Crippen LogP contribution in [0.2, 0.25) is 0 Å². The average Bonchev–Trinajstić information content (AvgIpc) is 2.33. The van der Waals surface area contributed by atoms with Crippen molar-refractivity contribution in [3.05, 3.63) is 35.4 Å². The smallest absolute Gasteiger partial charge is 0.338 e. The highest BCUT2D eigenvalue weighted by molar-refractivity contribution is 5.92. The summed E-state index contributed by atoms with van der Waals surface area (Å²) < 4.78 is 5.14. The lowest BCUT2D eigenvalue weighted by molar-refractivity contribution is 0.0487. The van der Waals surface area contributed by atoms with Crippen molar-refractivity contribution in [3.8, 4) is 0 Å². The third kappa shape index (κ3) is 5.55. The van der Waals surface area contributed by atoms with Crippen LogP contribution in [0, 0.1) is 5.41 Å². The van der Waals surface area contributed by atoms with E-state index in [4.69, 9.17) is 9.84 Å². The summed E-state index contributed by atoms with van der Waals surface area (Å²) in [7, 11) is 0. The van der Waals surface area contributed by atoms with Gasteiger partial charge < -0.3 is 9.84 Å². The predicted molar refractivity (Wildman–Crippen MR) is 72.4 cm³/mol. The second-order valence-corrected chi connectivity index (χ2v) is 5.68. The van der Waals surface area contributed by atoms with E-state index in [1.54, 1.807) is 0 Å². The first kappa shape index (κ1) is 15.2. The molecule has 0 heterocycles. The SMILES string of the molecule is CC(C)(C)CCCOC(=O)c1ccc(C(=O)O)cc1. The molecule has 0 aliphatic heterocycles. The van der Waals surface area contributed by atoms with Crippen LogP contribution in [0.5, 0.6) is 0 Å². The fourth-order valence-electron chi connectivity index (χ4n) is 1.60. The van der Waals surface area contributed by atoms with Gasteiger partial charge in [-0.25, -0.2) is 9.59 Å². The normalized spacial score (nSPS) is 11.1. The van der Waals surface area contributed by atoms with Crippen molar-refractivity contribution < 1.29 is 19.4 Å². The summed E-state index contributed by atoms with van der Waals surface area (Å²) in [5.74, 6) is -1.42. The van der Waals surface area contributed by atoms with Crippen LogP contribution in [0.4, 0.5) is 0 Å². The third-order valence-electron chi connectivity index (χ3n) is 2.67. The molecule has 0 saturated carbocycles. The number of hydrogen-bond acceptors (Lipinski definition) is 3. The van der Waals surface area contributed by atoms with Gasteiger partial charge in [-0.3, -0.25) is 0 Å². The second-order valence-electron chi connectivity index (χ2n) is 5.68. The Balaban J connectivity index is 2.43. The Hall–Kier alpha value is -1.84. The molecular weight excluding hydrogens is 244 g/mol. The number of hydrogen-bond donors (Lipinski definition) is 1. The van der Waals surface area contributed by atoms with Crippen molar-refractivity contribution >= 4 is 11.9 Å². The van der Waals surface area contributed by atoms with E-state index in [0.717, 1.165) is 12.8 Å². The summed E-state index contributed by atoms with van der Waals surface area (Å²) in [6.45, 7) is 6.80. The standard InChI is InChI=1S/C15H20O4/c1-15(2,3)9-4-10-19-14(18)12-7-5-11(6-8-12)13(16)17/h5-8H,4,9-10H2,1-3H3,(H,16,17). The molecule has 0 unspecified atom stereocenters. The average molecular weight is 264 g/mol. The van der Waals surface area contributed by atoms with Crippen LogP contribution in [0.15, 0.2) is 24.3 Å². The highest BCUT2D eigenvalue weighted by Gasteiger charge is 2.12. The summed E-state index contributed by atoms with van der Waals surface area (Å²) in [6, 6.07) is 5.73.